The number of thioether (sulfide) groups is 1. The number of nitrogens with zero attached hydrogens (tertiary/aromatic N) is 3. The number of methoxy groups -OCH3 is 1. The van der Waals surface area contributed by atoms with E-state index in [1.54, 1.807) is 0 Å². The molecule has 40 heavy (non-hydrogen) atoms. The van der Waals surface area contributed by atoms with Gasteiger partial charge in [-0.05, 0) is 54.1 Å². The number of hydrogen-bond acceptors (Lipinski definition) is 11. The molecule has 206 valence electrons. The Morgan fingerprint density at radius 3 is 2.27 bits per heavy atom. The Bertz CT molecular complexity index is 1690. The number of imide groups is 1. The molecular weight excluding hydrogens is 566 g/mol. The number of ether oxygens (including phenoxy) is 1. The highest BCUT2D eigenvalue weighted by Gasteiger charge is 2.35. The van der Waals surface area contributed by atoms with Gasteiger partial charge >= 0.3 is 10.1 Å². The van der Waals surface area contributed by atoms with E-state index in [1.807, 2.05) is 0 Å². The van der Waals surface area contributed by atoms with Crippen LogP contribution in [0.2, 0.25) is 0 Å². The first-order valence-electron chi connectivity index (χ1n) is 11.3. The fourth-order valence-electron chi connectivity index (χ4n) is 3.64. The molecule has 13 nitrogen and oxygen atoms in total. The van der Waals surface area contributed by atoms with E-state index in [0.717, 1.165) is 11.0 Å². The third-order valence-electron chi connectivity index (χ3n) is 5.71. The zero-order valence-corrected chi connectivity index (χ0v) is 22.4. The first-order chi connectivity index (χ1) is 18.9. The normalized spacial score (nSPS) is 14.4. The van der Waals surface area contributed by atoms with Crippen molar-refractivity contribution in [2.45, 2.75) is 18.4 Å². The second kappa shape index (κ2) is 11.2. The number of amides is 2. The zero-order valence-electron chi connectivity index (χ0n) is 20.8. The van der Waals surface area contributed by atoms with Crippen LogP contribution in [0.25, 0.3) is 6.08 Å². The number of benzene rings is 3. The third kappa shape index (κ3) is 5.94. The minimum Gasteiger partial charge on any atom is -0.493 e. The van der Waals surface area contributed by atoms with E-state index < -0.39 is 36.0 Å². The van der Waals surface area contributed by atoms with Crippen molar-refractivity contribution in [1.82, 2.24) is 4.90 Å². The SMILES string of the molecule is COc1cc(/C=C2\SC(=O)N(Cc3ccc([N+](=O)[O-])cc3)C2=O)ccc1OS(=O)(=O)c1ccc(C)c([N+](=O)[O-])c1. The number of carbonyl (C=O) groups excluding carboxylic acids is 2. The van der Waals surface area contributed by atoms with Crippen LogP contribution in [0.15, 0.2) is 70.5 Å². The molecule has 0 spiro atoms. The van der Waals surface area contributed by atoms with Gasteiger partial charge in [-0.25, -0.2) is 0 Å². The average Bonchev–Trinajstić information content (AvgIpc) is 3.16. The van der Waals surface area contributed by atoms with Crippen LogP contribution in [-0.4, -0.2) is 41.4 Å². The summed E-state index contributed by atoms with van der Waals surface area (Å²) in [6, 6.07) is 13.0. The highest BCUT2D eigenvalue weighted by molar-refractivity contribution is 8.18. The second-order valence-electron chi connectivity index (χ2n) is 8.34. The van der Waals surface area contributed by atoms with Gasteiger partial charge in [0.05, 0.1) is 28.4 Å². The van der Waals surface area contributed by atoms with E-state index >= 15 is 0 Å². The van der Waals surface area contributed by atoms with E-state index in [2.05, 4.69) is 0 Å². The molecule has 0 aliphatic carbocycles. The minimum absolute atomic E-state index is 0.0101. The molecule has 0 bridgehead atoms. The molecular formula is C25H19N3O10S2. The lowest BCUT2D eigenvalue weighted by Crippen LogP contribution is -2.27. The molecule has 0 saturated carbocycles. The van der Waals surface area contributed by atoms with Crippen molar-refractivity contribution in [3.05, 3.63) is 102 Å². The molecule has 1 fully saturated rings. The summed E-state index contributed by atoms with van der Waals surface area (Å²) in [7, 11) is -3.19. The van der Waals surface area contributed by atoms with Crippen LogP contribution in [-0.2, 0) is 21.5 Å². The molecule has 1 aliphatic rings. The fraction of sp³-hybridized carbons (Fsp3) is 0.120. The molecule has 1 aliphatic heterocycles. The summed E-state index contributed by atoms with van der Waals surface area (Å²) >= 11 is 0.701. The number of non-ortho nitro benzene ring substituents is 1. The van der Waals surface area contributed by atoms with Crippen molar-refractivity contribution in [1.29, 1.82) is 0 Å². The molecule has 0 atom stereocenters. The Morgan fingerprint density at radius 1 is 0.950 bits per heavy atom. The van der Waals surface area contributed by atoms with E-state index in [0.29, 0.717) is 22.9 Å². The van der Waals surface area contributed by atoms with E-state index in [4.69, 9.17) is 8.92 Å². The number of carbonyl (C=O) groups is 2. The lowest BCUT2D eigenvalue weighted by molar-refractivity contribution is -0.385. The fourth-order valence-corrected chi connectivity index (χ4v) is 5.44. The summed E-state index contributed by atoms with van der Waals surface area (Å²) in [5.41, 5.74) is 0.704. The number of nitro groups is 2. The summed E-state index contributed by atoms with van der Waals surface area (Å²) < 4.78 is 36.0. The van der Waals surface area contributed by atoms with Crippen LogP contribution in [0.4, 0.5) is 16.2 Å². The highest BCUT2D eigenvalue weighted by Crippen LogP contribution is 2.36. The van der Waals surface area contributed by atoms with Gasteiger partial charge in [-0.2, -0.15) is 8.42 Å². The molecule has 0 aromatic heterocycles. The van der Waals surface area contributed by atoms with Gasteiger partial charge in [0.1, 0.15) is 4.90 Å². The van der Waals surface area contributed by atoms with Gasteiger partial charge in [0.25, 0.3) is 22.5 Å². The molecule has 3 aromatic rings. The van der Waals surface area contributed by atoms with Gasteiger partial charge in [0, 0.05) is 23.8 Å². The maximum Gasteiger partial charge on any atom is 0.339 e. The number of nitro benzene ring substituents is 2. The highest BCUT2D eigenvalue weighted by atomic mass is 32.2. The molecule has 0 radical (unpaired) electrons. The first kappa shape index (κ1) is 28.3. The summed E-state index contributed by atoms with van der Waals surface area (Å²) in [5, 5.41) is 21.5. The third-order valence-corrected chi connectivity index (χ3v) is 7.85. The smallest absolute Gasteiger partial charge is 0.339 e. The molecule has 0 unspecified atom stereocenters. The van der Waals surface area contributed by atoms with Crippen molar-refractivity contribution < 1.29 is 36.8 Å². The average molecular weight is 586 g/mol. The van der Waals surface area contributed by atoms with Gasteiger partial charge in [-0.3, -0.25) is 34.7 Å². The van der Waals surface area contributed by atoms with Crippen LogP contribution in [0, 0.1) is 27.2 Å². The quantitative estimate of drug-likeness (QED) is 0.145. The zero-order chi connectivity index (χ0) is 29.2. The first-order valence-corrected chi connectivity index (χ1v) is 13.5. The van der Waals surface area contributed by atoms with Crippen LogP contribution in [0.1, 0.15) is 16.7 Å². The van der Waals surface area contributed by atoms with Crippen LogP contribution in [0.5, 0.6) is 11.5 Å². The Kier molecular flexibility index (Phi) is 7.88. The Labute approximate surface area is 231 Å². The van der Waals surface area contributed by atoms with Gasteiger partial charge in [0.15, 0.2) is 11.5 Å². The molecule has 0 N–H and O–H groups in total. The summed E-state index contributed by atoms with van der Waals surface area (Å²) in [6.45, 7) is 1.40. The number of rotatable bonds is 9. The maximum atomic E-state index is 12.9. The molecule has 2 amide bonds. The second-order valence-corrected chi connectivity index (χ2v) is 10.9. The van der Waals surface area contributed by atoms with Crippen molar-refractivity contribution in [2.75, 3.05) is 7.11 Å². The lowest BCUT2D eigenvalue weighted by Gasteiger charge is -2.12. The van der Waals surface area contributed by atoms with Crippen LogP contribution < -0.4 is 8.92 Å². The standard InChI is InChI=1S/C25H19N3O10S2/c1-15-3-9-19(13-20(15)28(33)34)40(35,36)38-21-10-6-17(11-22(21)37-2)12-23-24(29)26(25(30)39-23)14-16-4-7-18(8-5-16)27(31)32/h3-13H,14H2,1-2H3/b23-12-. The number of aryl methyl sites for hydroxylation is 1. The van der Waals surface area contributed by atoms with E-state index in [1.165, 1.54) is 74.7 Å². The van der Waals surface area contributed by atoms with Crippen LogP contribution in [0.3, 0.4) is 0 Å². The molecule has 1 heterocycles. The molecule has 15 heteroatoms. The van der Waals surface area contributed by atoms with Crippen molar-refractivity contribution >= 4 is 50.5 Å². The van der Waals surface area contributed by atoms with Crippen molar-refractivity contribution in [3.8, 4) is 11.5 Å². The van der Waals surface area contributed by atoms with Crippen LogP contribution >= 0.6 is 11.8 Å². The van der Waals surface area contributed by atoms with Gasteiger partial charge in [-0.1, -0.05) is 24.3 Å². The van der Waals surface area contributed by atoms with E-state index in [-0.39, 0.29) is 39.9 Å². The molecule has 1 saturated heterocycles. The maximum absolute atomic E-state index is 12.9. The summed E-state index contributed by atoms with van der Waals surface area (Å²) in [5.74, 6) is -0.783. The summed E-state index contributed by atoms with van der Waals surface area (Å²) in [4.78, 5) is 46.8. The predicted octanol–water partition coefficient (Wildman–Crippen LogP) is 4.82. The minimum atomic E-state index is -4.46. The Balaban J connectivity index is 1.54. The predicted molar refractivity (Wildman–Crippen MR) is 143 cm³/mol. The monoisotopic (exact) mass is 585 g/mol. The molecule has 3 aromatic carbocycles. The van der Waals surface area contributed by atoms with Gasteiger partial charge in [-0.15, -0.1) is 0 Å². The summed E-state index contributed by atoms with van der Waals surface area (Å²) in [6.07, 6.45) is 1.42. The van der Waals surface area contributed by atoms with Gasteiger partial charge in [0.2, 0.25) is 0 Å². The molecule has 4 rings (SSSR count). The topological polar surface area (TPSA) is 176 Å². The van der Waals surface area contributed by atoms with Gasteiger partial charge < -0.3 is 8.92 Å². The largest absolute Gasteiger partial charge is 0.493 e. The van der Waals surface area contributed by atoms with E-state index in [9.17, 15) is 38.2 Å². The van der Waals surface area contributed by atoms with Crippen molar-refractivity contribution in [3.63, 3.8) is 0 Å². The lowest BCUT2D eigenvalue weighted by atomic mass is 10.1. The Morgan fingerprint density at radius 2 is 1.65 bits per heavy atom. The number of hydrogen-bond donors (Lipinski definition) is 0. The Hall–Kier alpha value is -4.76. The van der Waals surface area contributed by atoms with Crippen molar-refractivity contribution in [2.24, 2.45) is 0 Å².